The summed E-state index contributed by atoms with van der Waals surface area (Å²) < 4.78 is 11.7. The molecule has 5 rings (SSSR count). The standard InChI is InChI=1S/C25H26N6O3/c1-33-25-22(34-11-10-31-8-6-19(32)7-9-31)5-4-20-23(17(13-26)14-27-24(20)25)29-18-3-2-16-15-28-30-21(16)12-18/h2-5,12,14-15,19,32H,6-11H2,1H3,(H,27,29)(H,28,30). The average molecular weight is 459 g/mol. The summed E-state index contributed by atoms with van der Waals surface area (Å²) in [6.45, 7) is 3.02. The van der Waals surface area contributed by atoms with Crippen molar-refractivity contribution in [3.8, 4) is 17.6 Å². The van der Waals surface area contributed by atoms with Gasteiger partial charge in [0.05, 0.1) is 36.2 Å². The Hall–Kier alpha value is -3.87. The molecule has 1 fully saturated rings. The zero-order valence-corrected chi connectivity index (χ0v) is 18.9. The van der Waals surface area contributed by atoms with Crippen molar-refractivity contribution in [2.75, 3.05) is 38.7 Å². The van der Waals surface area contributed by atoms with E-state index in [9.17, 15) is 10.4 Å². The highest BCUT2D eigenvalue weighted by Crippen LogP contribution is 2.39. The highest BCUT2D eigenvalue weighted by Gasteiger charge is 2.19. The number of hydrogen-bond acceptors (Lipinski definition) is 8. The topological polar surface area (TPSA) is 119 Å². The Morgan fingerprint density at radius 2 is 2.09 bits per heavy atom. The summed E-state index contributed by atoms with van der Waals surface area (Å²) in [5.41, 5.74) is 3.43. The first-order valence-corrected chi connectivity index (χ1v) is 11.3. The predicted octanol–water partition coefficient (Wildman–Crippen LogP) is 3.57. The second-order valence-electron chi connectivity index (χ2n) is 8.37. The number of fused-ring (bicyclic) bond motifs is 2. The number of nitrogens with zero attached hydrogens (tertiary/aromatic N) is 4. The first kappa shape index (κ1) is 21.9. The number of piperidine rings is 1. The number of H-pyrrole nitrogens is 1. The van der Waals surface area contributed by atoms with Crippen LogP contribution >= 0.6 is 0 Å². The van der Waals surface area contributed by atoms with E-state index < -0.39 is 0 Å². The number of aliphatic hydroxyl groups is 1. The van der Waals surface area contributed by atoms with Crippen LogP contribution in [0.3, 0.4) is 0 Å². The zero-order valence-electron chi connectivity index (χ0n) is 18.9. The van der Waals surface area contributed by atoms with Crippen molar-refractivity contribution in [3.05, 3.63) is 48.3 Å². The number of aromatic nitrogens is 3. The molecule has 1 saturated heterocycles. The molecular formula is C25H26N6O3. The molecule has 1 aliphatic heterocycles. The van der Waals surface area contributed by atoms with Crippen molar-refractivity contribution in [3.63, 3.8) is 0 Å². The van der Waals surface area contributed by atoms with Crippen LogP contribution in [-0.4, -0.2) is 64.6 Å². The molecule has 0 bridgehead atoms. The Morgan fingerprint density at radius 3 is 2.88 bits per heavy atom. The minimum absolute atomic E-state index is 0.189. The van der Waals surface area contributed by atoms with E-state index in [4.69, 9.17) is 9.47 Å². The van der Waals surface area contributed by atoms with Crippen LogP contribution in [0, 0.1) is 11.3 Å². The van der Waals surface area contributed by atoms with Gasteiger partial charge in [-0.3, -0.25) is 15.0 Å². The minimum atomic E-state index is -0.189. The van der Waals surface area contributed by atoms with E-state index >= 15 is 0 Å². The summed E-state index contributed by atoms with van der Waals surface area (Å²) in [6.07, 6.45) is 4.72. The number of aromatic amines is 1. The molecule has 0 unspecified atom stereocenters. The Morgan fingerprint density at radius 1 is 1.24 bits per heavy atom. The largest absolute Gasteiger partial charge is 0.491 e. The van der Waals surface area contributed by atoms with Crippen LogP contribution < -0.4 is 14.8 Å². The number of benzene rings is 2. The first-order chi connectivity index (χ1) is 16.7. The molecule has 4 aromatic rings. The zero-order chi connectivity index (χ0) is 23.5. The number of anilines is 2. The fourth-order valence-electron chi connectivity index (χ4n) is 4.34. The number of rotatable bonds is 7. The fourth-order valence-corrected chi connectivity index (χ4v) is 4.34. The number of hydrogen-bond donors (Lipinski definition) is 3. The smallest absolute Gasteiger partial charge is 0.187 e. The second-order valence-corrected chi connectivity index (χ2v) is 8.37. The number of methoxy groups -OCH3 is 1. The summed E-state index contributed by atoms with van der Waals surface area (Å²) in [5, 5.41) is 31.6. The molecule has 0 aliphatic carbocycles. The summed E-state index contributed by atoms with van der Waals surface area (Å²) in [5.74, 6) is 1.14. The molecule has 1 aliphatic rings. The van der Waals surface area contributed by atoms with Gasteiger partial charge in [0, 0.05) is 42.3 Å². The van der Waals surface area contributed by atoms with Gasteiger partial charge in [0.2, 0.25) is 0 Å². The van der Waals surface area contributed by atoms with Crippen molar-refractivity contribution in [1.29, 1.82) is 5.26 Å². The molecule has 2 aromatic carbocycles. The summed E-state index contributed by atoms with van der Waals surface area (Å²) >= 11 is 0. The summed E-state index contributed by atoms with van der Waals surface area (Å²) in [7, 11) is 1.59. The lowest BCUT2D eigenvalue weighted by molar-refractivity contribution is 0.0753. The summed E-state index contributed by atoms with van der Waals surface area (Å²) in [6, 6.07) is 11.8. The number of likely N-dealkylation sites (tertiary alicyclic amines) is 1. The normalized spacial score (nSPS) is 14.9. The molecule has 9 nitrogen and oxygen atoms in total. The van der Waals surface area contributed by atoms with E-state index in [-0.39, 0.29) is 6.10 Å². The molecule has 0 saturated carbocycles. The van der Waals surface area contributed by atoms with Gasteiger partial charge >= 0.3 is 0 Å². The molecular weight excluding hydrogens is 432 g/mol. The molecule has 3 N–H and O–H groups in total. The van der Waals surface area contributed by atoms with E-state index in [2.05, 4.69) is 31.5 Å². The second kappa shape index (κ2) is 9.55. The minimum Gasteiger partial charge on any atom is -0.491 e. The monoisotopic (exact) mass is 458 g/mol. The van der Waals surface area contributed by atoms with Gasteiger partial charge < -0.3 is 19.9 Å². The van der Waals surface area contributed by atoms with Crippen LogP contribution in [0.2, 0.25) is 0 Å². The lowest BCUT2D eigenvalue weighted by Gasteiger charge is -2.29. The van der Waals surface area contributed by atoms with Crippen LogP contribution in [0.4, 0.5) is 11.4 Å². The van der Waals surface area contributed by atoms with Gasteiger partial charge in [0.15, 0.2) is 11.5 Å². The van der Waals surface area contributed by atoms with Crippen molar-refractivity contribution in [2.45, 2.75) is 18.9 Å². The van der Waals surface area contributed by atoms with Crippen molar-refractivity contribution < 1.29 is 14.6 Å². The number of aliphatic hydroxyl groups excluding tert-OH is 1. The lowest BCUT2D eigenvalue weighted by Crippen LogP contribution is -2.38. The molecule has 2 aromatic heterocycles. The van der Waals surface area contributed by atoms with Gasteiger partial charge in [0.1, 0.15) is 18.2 Å². The van der Waals surface area contributed by atoms with Crippen LogP contribution in [0.1, 0.15) is 18.4 Å². The first-order valence-electron chi connectivity index (χ1n) is 11.3. The van der Waals surface area contributed by atoms with Crippen LogP contribution in [0.15, 0.2) is 42.7 Å². The van der Waals surface area contributed by atoms with Crippen LogP contribution in [0.25, 0.3) is 21.8 Å². The maximum atomic E-state index is 9.71. The van der Waals surface area contributed by atoms with E-state index in [0.29, 0.717) is 34.9 Å². The Balaban J connectivity index is 1.42. The Bertz CT molecular complexity index is 1350. The van der Waals surface area contributed by atoms with Crippen molar-refractivity contribution in [2.24, 2.45) is 0 Å². The number of nitrogens with one attached hydrogen (secondary N) is 2. The third kappa shape index (κ3) is 4.33. The highest BCUT2D eigenvalue weighted by atomic mass is 16.5. The number of ether oxygens (including phenoxy) is 2. The van der Waals surface area contributed by atoms with Gasteiger partial charge in [-0.25, -0.2) is 0 Å². The van der Waals surface area contributed by atoms with Crippen LogP contribution in [-0.2, 0) is 0 Å². The van der Waals surface area contributed by atoms with E-state index in [1.807, 2.05) is 30.3 Å². The molecule has 0 spiro atoms. The molecule has 174 valence electrons. The average Bonchev–Trinajstić information content (AvgIpc) is 3.33. The maximum Gasteiger partial charge on any atom is 0.187 e. The third-order valence-electron chi connectivity index (χ3n) is 6.21. The van der Waals surface area contributed by atoms with Crippen molar-refractivity contribution >= 4 is 33.2 Å². The Kier molecular flexibility index (Phi) is 6.16. The number of nitriles is 1. The number of pyridine rings is 1. The maximum absolute atomic E-state index is 9.71. The van der Waals surface area contributed by atoms with E-state index in [1.54, 1.807) is 19.5 Å². The van der Waals surface area contributed by atoms with Gasteiger partial charge in [-0.2, -0.15) is 10.4 Å². The molecule has 9 heteroatoms. The quantitative estimate of drug-likeness (QED) is 0.385. The fraction of sp³-hybridized carbons (Fsp3) is 0.320. The van der Waals surface area contributed by atoms with Gasteiger partial charge in [-0.05, 0) is 43.2 Å². The molecule has 0 radical (unpaired) electrons. The van der Waals surface area contributed by atoms with E-state index in [0.717, 1.165) is 54.5 Å². The molecule has 34 heavy (non-hydrogen) atoms. The Labute approximate surface area is 196 Å². The van der Waals surface area contributed by atoms with Gasteiger partial charge in [-0.15, -0.1) is 0 Å². The van der Waals surface area contributed by atoms with Gasteiger partial charge in [-0.1, -0.05) is 0 Å². The van der Waals surface area contributed by atoms with Crippen LogP contribution in [0.5, 0.6) is 11.5 Å². The van der Waals surface area contributed by atoms with Crippen molar-refractivity contribution in [1.82, 2.24) is 20.1 Å². The molecule has 0 amide bonds. The predicted molar refractivity (Wildman–Crippen MR) is 130 cm³/mol. The lowest BCUT2D eigenvalue weighted by atomic mass is 10.1. The molecule has 0 atom stereocenters. The molecule has 3 heterocycles. The van der Waals surface area contributed by atoms with E-state index in [1.165, 1.54) is 0 Å². The highest BCUT2D eigenvalue weighted by molar-refractivity contribution is 6.00. The van der Waals surface area contributed by atoms with Gasteiger partial charge in [0.25, 0.3) is 0 Å². The summed E-state index contributed by atoms with van der Waals surface area (Å²) in [4.78, 5) is 6.80. The third-order valence-corrected chi connectivity index (χ3v) is 6.21. The SMILES string of the molecule is COc1c(OCCN2CCC(O)CC2)ccc2c(Nc3ccc4cn[nH]c4c3)c(C#N)cnc12.